The van der Waals surface area contributed by atoms with E-state index in [0.29, 0.717) is 12.4 Å². The van der Waals surface area contributed by atoms with E-state index in [9.17, 15) is 14.7 Å². The van der Waals surface area contributed by atoms with E-state index in [0.717, 1.165) is 37.8 Å². The monoisotopic (exact) mass is 401 g/mol. The van der Waals surface area contributed by atoms with E-state index in [-0.39, 0.29) is 35.0 Å². The van der Waals surface area contributed by atoms with Crippen LogP contribution in [-0.4, -0.2) is 59.4 Å². The fraction of sp³-hybridized carbons (Fsp3) is 0.591. The number of hydrogen-bond acceptors (Lipinski definition) is 5. The second-order valence-electron chi connectivity index (χ2n) is 8.98. The molecule has 0 aliphatic carbocycles. The molecular formula is C22H31N3O4. The van der Waals surface area contributed by atoms with Crippen LogP contribution in [0.5, 0.6) is 5.75 Å². The fourth-order valence-corrected chi connectivity index (χ4v) is 4.15. The van der Waals surface area contributed by atoms with Crippen molar-refractivity contribution in [2.24, 2.45) is 0 Å². The summed E-state index contributed by atoms with van der Waals surface area (Å²) < 4.78 is 6.06. The summed E-state index contributed by atoms with van der Waals surface area (Å²) in [6.07, 6.45) is 4.80. The highest BCUT2D eigenvalue weighted by Gasteiger charge is 2.36. The maximum Gasteiger partial charge on any atom is 0.335 e. The molecule has 1 aromatic carbocycles. The lowest BCUT2D eigenvalue weighted by Crippen LogP contribution is -2.48. The summed E-state index contributed by atoms with van der Waals surface area (Å²) in [7, 11) is 0. The van der Waals surface area contributed by atoms with Gasteiger partial charge in [0.05, 0.1) is 17.6 Å². The number of nitrogens with zero attached hydrogens (tertiary/aromatic N) is 1. The van der Waals surface area contributed by atoms with Crippen LogP contribution in [0.15, 0.2) is 18.2 Å². The quantitative estimate of drug-likeness (QED) is 0.636. The average molecular weight is 402 g/mol. The van der Waals surface area contributed by atoms with Crippen LogP contribution >= 0.6 is 0 Å². The Labute approximate surface area is 171 Å². The number of nitrogens with one attached hydrogen (secondary N) is 2. The molecule has 2 aliphatic rings. The Morgan fingerprint density at radius 1 is 1.31 bits per heavy atom. The SMILES string of the molecule is CC(C)(C)c1cc(C(=O)O)ccc1OC[C@H]1CC[C@@H](C(=O)N2CCC[C@H]2C=N)N1. The van der Waals surface area contributed by atoms with E-state index in [4.69, 9.17) is 10.1 Å². The molecule has 158 valence electrons. The first-order valence-corrected chi connectivity index (χ1v) is 10.3. The van der Waals surface area contributed by atoms with Gasteiger partial charge in [-0.1, -0.05) is 20.8 Å². The Bertz CT molecular complexity index is 787. The molecule has 0 aromatic heterocycles. The van der Waals surface area contributed by atoms with Gasteiger partial charge in [-0.3, -0.25) is 10.1 Å². The third kappa shape index (κ3) is 4.78. The molecule has 1 aromatic rings. The summed E-state index contributed by atoms with van der Waals surface area (Å²) in [4.78, 5) is 25.9. The van der Waals surface area contributed by atoms with Crippen LogP contribution in [0, 0.1) is 5.41 Å². The minimum Gasteiger partial charge on any atom is -0.492 e. The molecule has 7 nitrogen and oxygen atoms in total. The number of aromatic carboxylic acids is 1. The number of hydrogen-bond donors (Lipinski definition) is 3. The third-order valence-corrected chi connectivity index (χ3v) is 5.79. The van der Waals surface area contributed by atoms with E-state index in [1.807, 2.05) is 25.7 Å². The number of carbonyl (C=O) groups excluding carboxylic acids is 1. The van der Waals surface area contributed by atoms with Crippen molar-refractivity contribution in [2.75, 3.05) is 13.2 Å². The summed E-state index contributed by atoms with van der Waals surface area (Å²) in [5.74, 6) is -0.187. The zero-order valence-corrected chi connectivity index (χ0v) is 17.4. The van der Waals surface area contributed by atoms with Crippen molar-refractivity contribution < 1.29 is 19.4 Å². The number of amides is 1. The smallest absolute Gasteiger partial charge is 0.335 e. The largest absolute Gasteiger partial charge is 0.492 e. The van der Waals surface area contributed by atoms with Crippen molar-refractivity contribution in [1.82, 2.24) is 10.2 Å². The second kappa shape index (κ2) is 8.53. The van der Waals surface area contributed by atoms with Crippen molar-refractivity contribution in [3.8, 4) is 5.75 Å². The zero-order chi connectivity index (χ0) is 21.2. The Balaban J connectivity index is 1.62. The highest BCUT2D eigenvalue weighted by Crippen LogP contribution is 2.33. The number of benzene rings is 1. The highest BCUT2D eigenvalue weighted by atomic mass is 16.5. The van der Waals surface area contributed by atoms with Crippen molar-refractivity contribution in [3.63, 3.8) is 0 Å². The predicted octanol–water partition coefficient (Wildman–Crippen LogP) is 2.82. The lowest BCUT2D eigenvalue weighted by atomic mass is 9.85. The van der Waals surface area contributed by atoms with Gasteiger partial charge in [-0.2, -0.15) is 0 Å². The van der Waals surface area contributed by atoms with Crippen LogP contribution in [0.1, 0.15) is 62.4 Å². The maximum absolute atomic E-state index is 12.8. The van der Waals surface area contributed by atoms with Crippen molar-refractivity contribution >= 4 is 18.1 Å². The van der Waals surface area contributed by atoms with E-state index in [1.165, 1.54) is 6.21 Å². The molecule has 2 saturated heterocycles. The lowest BCUT2D eigenvalue weighted by molar-refractivity contribution is -0.132. The molecule has 2 heterocycles. The minimum absolute atomic E-state index is 0.0666. The number of carbonyl (C=O) groups is 2. The van der Waals surface area contributed by atoms with Crippen molar-refractivity contribution in [1.29, 1.82) is 5.41 Å². The van der Waals surface area contributed by atoms with Gasteiger partial charge in [0.2, 0.25) is 5.91 Å². The third-order valence-electron chi connectivity index (χ3n) is 5.79. The van der Waals surface area contributed by atoms with Crippen LogP contribution in [0.4, 0.5) is 0 Å². The molecule has 0 spiro atoms. The predicted molar refractivity (Wildman–Crippen MR) is 111 cm³/mol. The summed E-state index contributed by atoms with van der Waals surface area (Å²) in [5, 5.41) is 20.2. The standard InChI is InChI=1S/C22H31N3O4/c1-22(2,3)17-11-14(21(27)28)6-9-19(17)29-13-15-7-8-18(24-15)20(26)25-10-4-5-16(25)12-23/h6,9,11-12,15-16,18,23-24H,4-5,7-8,10,13H2,1-3H3,(H,27,28)/t15-,16+,18+/m1/s1. The Kier molecular flexibility index (Phi) is 6.27. The molecule has 0 radical (unpaired) electrons. The Hall–Kier alpha value is -2.41. The van der Waals surface area contributed by atoms with Gasteiger partial charge < -0.3 is 20.2 Å². The van der Waals surface area contributed by atoms with Crippen molar-refractivity contribution in [2.45, 2.75) is 70.0 Å². The molecule has 0 bridgehead atoms. The topological polar surface area (TPSA) is 103 Å². The Morgan fingerprint density at radius 3 is 2.72 bits per heavy atom. The van der Waals surface area contributed by atoms with Crippen LogP contribution < -0.4 is 10.1 Å². The summed E-state index contributed by atoms with van der Waals surface area (Å²) in [6.45, 7) is 7.23. The van der Waals surface area contributed by atoms with Gasteiger partial charge in [-0.25, -0.2) is 4.79 Å². The minimum atomic E-state index is -0.953. The maximum atomic E-state index is 12.8. The fourth-order valence-electron chi connectivity index (χ4n) is 4.15. The van der Waals surface area contributed by atoms with Gasteiger partial charge in [-0.15, -0.1) is 0 Å². The first kappa shape index (κ1) is 21.3. The molecule has 3 N–H and O–H groups in total. The molecule has 0 unspecified atom stereocenters. The van der Waals surface area contributed by atoms with Gasteiger partial charge in [0, 0.05) is 24.4 Å². The Morgan fingerprint density at radius 2 is 2.07 bits per heavy atom. The summed E-state index contributed by atoms with van der Waals surface area (Å²) in [5.41, 5.74) is 0.854. The van der Waals surface area contributed by atoms with Gasteiger partial charge in [0.15, 0.2) is 0 Å². The molecule has 0 saturated carbocycles. The first-order valence-electron chi connectivity index (χ1n) is 10.3. The van der Waals surface area contributed by atoms with Crippen LogP contribution in [0.25, 0.3) is 0 Å². The lowest BCUT2D eigenvalue weighted by Gasteiger charge is -2.26. The van der Waals surface area contributed by atoms with Gasteiger partial charge in [0.1, 0.15) is 12.4 Å². The van der Waals surface area contributed by atoms with E-state index < -0.39 is 5.97 Å². The van der Waals surface area contributed by atoms with Crippen LogP contribution in [0.2, 0.25) is 0 Å². The molecule has 3 atom stereocenters. The molecule has 7 heteroatoms. The van der Waals surface area contributed by atoms with E-state index in [1.54, 1.807) is 18.2 Å². The van der Waals surface area contributed by atoms with Crippen LogP contribution in [-0.2, 0) is 10.2 Å². The molecule has 2 fully saturated rings. The van der Waals surface area contributed by atoms with E-state index in [2.05, 4.69) is 5.32 Å². The summed E-state index contributed by atoms with van der Waals surface area (Å²) >= 11 is 0. The van der Waals surface area contributed by atoms with Gasteiger partial charge in [0.25, 0.3) is 0 Å². The number of ether oxygens (including phenoxy) is 1. The van der Waals surface area contributed by atoms with Crippen LogP contribution in [0.3, 0.4) is 0 Å². The second-order valence-corrected chi connectivity index (χ2v) is 8.98. The molecule has 3 rings (SSSR count). The number of rotatable bonds is 6. The molecule has 1 amide bonds. The molecular weight excluding hydrogens is 370 g/mol. The van der Waals surface area contributed by atoms with Crippen molar-refractivity contribution in [3.05, 3.63) is 29.3 Å². The van der Waals surface area contributed by atoms with Gasteiger partial charge >= 0.3 is 5.97 Å². The number of likely N-dealkylation sites (tertiary alicyclic amines) is 1. The summed E-state index contributed by atoms with van der Waals surface area (Å²) in [6, 6.07) is 4.74. The number of carboxylic acids is 1. The number of carboxylic acid groups (broad SMARTS) is 1. The zero-order valence-electron chi connectivity index (χ0n) is 17.4. The molecule has 29 heavy (non-hydrogen) atoms. The van der Waals surface area contributed by atoms with E-state index >= 15 is 0 Å². The normalized spacial score (nSPS) is 24.5. The van der Waals surface area contributed by atoms with Gasteiger partial charge in [-0.05, 0) is 49.3 Å². The highest BCUT2D eigenvalue weighted by molar-refractivity contribution is 5.88. The molecule has 2 aliphatic heterocycles. The first-order chi connectivity index (χ1) is 13.7. The average Bonchev–Trinajstić information content (AvgIpc) is 3.34.